The summed E-state index contributed by atoms with van der Waals surface area (Å²) >= 11 is 0. The smallest absolute Gasteiger partial charge is 0.218 e. The van der Waals surface area contributed by atoms with Crippen LogP contribution in [0.1, 0.15) is 30.7 Å². The number of hydrogen-bond donors (Lipinski definition) is 1. The molecule has 100 valence electrons. The summed E-state index contributed by atoms with van der Waals surface area (Å²) in [5, 5.41) is 0. The number of rotatable bonds is 5. The normalized spacial score (nSPS) is 17.1. The third-order valence-corrected chi connectivity index (χ3v) is 3.40. The van der Waals surface area contributed by atoms with Crippen LogP contribution in [0.4, 0.5) is 0 Å². The molecule has 1 saturated heterocycles. The van der Waals surface area contributed by atoms with Gasteiger partial charge in [-0.25, -0.2) is 0 Å². The molecule has 1 aliphatic rings. The third-order valence-electron chi connectivity index (χ3n) is 3.40. The van der Waals surface area contributed by atoms with Crippen LogP contribution in [0.5, 0.6) is 0 Å². The lowest BCUT2D eigenvalue weighted by atomic mass is 9.95. The van der Waals surface area contributed by atoms with Gasteiger partial charge in [-0.15, -0.1) is 12.4 Å². The maximum atomic E-state index is 11.2. The van der Waals surface area contributed by atoms with Gasteiger partial charge in [0.1, 0.15) is 0 Å². The molecule has 0 saturated carbocycles. The molecule has 0 spiro atoms. The van der Waals surface area contributed by atoms with Crippen molar-refractivity contribution in [2.75, 3.05) is 19.6 Å². The van der Waals surface area contributed by atoms with Gasteiger partial charge in [0.05, 0.1) is 0 Å². The molecular formula is C14H21ClN2O. The van der Waals surface area contributed by atoms with E-state index >= 15 is 0 Å². The van der Waals surface area contributed by atoms with E-state index in [9.17, 15) is 4.79 Å². The highest BCUT2D eigenvalue weighted by Gasteiger charge is 2.20. The quantitative estimate of drug-likeness (QED) is 0.890. The lowest BCUT2D eigenvalue weighted by Gasteiger charge is -2.22. The van der Waals surface area contributed by atoms with Crippen molar-refractivity contribution < 1.29 is 4.79 Å². The molecule has 1 amide bonds. The standard InChI is InChI=1S/C14H20N2O.ClH/c15-14(17)10-13(11-16-8-4-5-9-16)12-6-2-1-3-7-12;/h1-3,6-7,13H,4-5,8-11H2,(H2,15,17);1H/t13-;/m1./s1. The molecule has 18 heavy (non-hydrogen) atoms. The minimum Gasteiger partial charge on any atom is -0.370 e. The fourth-order valence-electron chi connectivity index (χ4n) is 2.53. The van der Waals surface area contributed by atoms with Crippen LogP contribution < -0.4 is 5.73 Å². The summed E-state index contributed by atoms with van der Waals surface area (Å²) in [7, 11) is 0. The summed E-state index contributed by atoms with van der Waals surface area (Å²) in [5.74, 6) is 0.0323. The Hall–Kier alpha value is -1.06. The largest absolute Gasteiger partial charge is 0.370 e. The van der Waals surface area contributed by atoms with Gasteiger partial charge in [0.25, 0.3) is 0 Å². The molecular weight excluding hydrogens is 248 g/mol. The second-order valence-corrected chi connectivity index (χ2v) is 4.79. The fraction of sp³-hybridized carbons (Fsp3) is 0.500. The molecule has 4 heteroatoms. The number of nitrogens with zero attached hydrogens (tertiary/aromatic N) is 1. The first-order chi connectivity index (χ1) is 8.25. The Morgan fingerprint density at radius 3 is 2.39 bits per heavy atom. The molecule has 0 radical (unpaired) electrons. The maximum Gasteiger partial charge on any atom is 0.218 e. The number of carbonyl (C=O) groups excluding carboxylic acids is 1. The summed E-state index contributed by atoms with van der Waals surface area (Å²) in [4.78, 5) is 13.6. The van der Waals surface area contributed by atoms with Gasteiger partial charge in [-0.2, -0.15) is 0 Å². The minimum atomic E-state index is -0.210. The predicted octanol–water partition coefficient (Wildman–Crippen LogP) is 2.16. The Labute approximate surface area is 115 Å². The summed E-state index contributed by atoms with van der Waals surface area (Å²) in [6, 6.07) is 10.2. The molecule has 1 aliphatic heterocycles. The molecule has 2 N–H and O–H groups in total. The van der Waals surface area contributed by atoms with Crippen molar-refractivity contribution in [3.8, 4) is 0 Å². The summed E-state index contributed by atoms with van der Waals surface area (Å²) in [6.07, 6.45) is 3.00. The predicted molar refractivity (Wildman–Crippen MR) is 75.9 cm³/mol. The highest BCUT2D eigenvalue weighted by molar-refractivity contribution is 5.85. The van der Waals surface area contributed by atoms with E-state index in [4.69, 9.17) is 5.73 Å². The zero-order valence-electron chi connectivity index (χ0n) is 10.5. The molecule has 0 aromatic heterocycles. The minimum absolute atomic E-state index is 0. The number of amides is 1. The topological polar surface area (TPSA) is 46.3 Å². The number of carbonyl (C=O) groups is 1. The molecule has 1 fully saturated rings. The van der Waals surface area contributed by atoms with Gasteiger partial charge < -0.3 is 10.6 Å². The first kappa shape index (κ1) is 15.0. The summed E-state index contributed by atoms with van der Waals surface area (Å²) < 4.78 is 0. The molecule has 0 bridgehead atoms. The Kier molecular flexibility index (Phi) is 6.16. The van der Waals surface area contributed by atoms with Crippen LogP contribution in [0.2, 0.25) is 0 Å². The SMILES string of the molecule is Cl.NC(=O)C[C@H](CN1CCCC1)c1ccccc1. The van der Waals surface area contributed by atoms with Gasteiger partial charge in [0, 0.05) is 18.9 Å². The van der Waals surface area contributed by atoms with E-state index in [1.165, 1.54) is 18.4 Å². The summed E-state index contributed by atoms with van der Waals surface area (Å²) in [5.41, 5.74) is 6.57. The van der Waals surface area contributed by atoms with Crippen molar-refractivity contribution in [3.63, 3.8) is 0 Å². The first-order valence-electron chi connectivity index (χ1n) is 6.31. The summed E-state index contributed by atoms with van der Waals surface area (Å²) in [6.45, 7) is 3.26. The number of nitrogens with two attached hydrogens (primary N) is 1. The van der Waals surface area contributed by atoms with Gasteiger partial charge in [-0.3, -0.25) is 4.79 Å². The van der Waals surface area contributed by atoms with E-state index in [2.05, 4.69) is 17.0 Å². The number of halogens is 1. The first-order valence-corrected chi connectivity index (χ1v) is 6.31. The van der Waals surface area contributed by atoms with Gasteiger partial charge >= 0.3 is 0 Å². The lowest BCUT2D eigenvalue weighted by Crippen LogP contribution is -2.28. The monoisotopic (exact) mass is 268 g/mol. The maximum absolute atomic E-state index is 11.2. The molecule has 1 aromatic rings. The van der Waals surface area contributed by atoms with Crippen LogP contribution in [0.3, 0.4) is 0 Å². The van der Waals surface area contributed by atoms with E-state index in [1.807, 2.05) is 18.2 Å². The van der Waals surface area contributed by atoms with Crippen molar-refractivity contribution in [3.05, 3.63) is 35.9 Å². The van der Waals surface area contributed by atoms with Gasteiger partial charge in [-0.05, 0) is 31.5 Å². The Morgan fingerprint density at radius 1 is 1.22 bits per heavy atom. The number of primary amides is 1. The van der Waals surface area contributed by atoms with Gasteiger partial charge in [0.2, 0.25) is 5.91 Å². The van der Waals surface area contributed by atoms with Gasteiger partial charge in [-0.1, -0.05) is 30.3 Å². The molecule has 1 aromatic carbocycles. The van der Waals surface area contributed by atoms with Crippen LogP contribution in [0.25, 0.3) is 0 Å². The van der Waals surface area contributed by atoms with E-state index in [0.29, 0.717) is 6.42 Å². The number of hydrogen-bond acceptors (Lipinski definition) is 2. The highest BCUT2D eigenvalue weighted by atomic mass is 35.5. The zero-order valence-corrected chi connectivity index (χ0v) is 11.4. The Morgan fingerprint density at radius 2 is 1.83 bits per heavy atom. The lowest BCUT2D eigenvalue weighted by molar-refractivity contribution is -0.118. The van der Waals surface area contributed by atoms with Crippen molar-refractivity contribution >= 4 is 18.3 Å². The average molecular weight is 269 g/mol. The molecule has 0 aliphatic carbocycles. The second-order valence-electron chi connectivity index (χ2n) is 4.79. The van der Waals surface area contributed by atoms with Crippen LogP contribution in [0, 0.1) is 0 Å². The number of benzene rings is 1. The Bertz CT molecular complexity index is 363. The van der Waals surface area contributed by atoms with E-state index < -0.39 is 0 Å². The van der Waals surface area contributed by atoms with Crippen LogP contribution in [-0.4, -0.2) is 30.4 Å². The van der Waals surface area contributed by atoms with Crippen molar-refractivity contribution in [1.29, 1.82) is 0 Å². The van der Waals surface area contributed by atoms with E-state index in [0.717, 1.165) is 19.6 Å². The van der Waals surface area contributed by atoms with Crippen molar-refractivity contribution in [1.82, 2.24) is 4.90 Å². The highest BCUT2D eigenvalue weighted by Crippen LogP contribution is 2.22. The molecule has 2 rings (SSSR count). The number of likely N-dealkylation sites (tertiary alicyclic amines) is 1. The third kappa shape index (κ3) is 4.31. The van der Waals surface area contributed by atoms with Gasteiger partial charge in [0.15, 0.2) is 0 Å². The van der Waals surface area contributed by atoms with Crippen LogP contribution in [0.15, 0.2) is 30.3 Å². The van der Waals surface area contributed by atoms with E-state index in [-0.39, 0.29) is 24.2 Å². The van der Waals surface area contributed by atoms with E-state index in [1.54, 1.807) is 0 Å². The molecule has 3 nitrogen and oxygen atoms in total. The van der Waals surface area contributed by atoms with Crippen molar-refractivity contribution in [2.24, 2.45) is 5.73 Å². The molecule has 0 unspecified atom stereocenters. The Balaban J connectivity index is 0.00000162. The van der Waals surface area contributed by atoms with Crippen LogP contribution in [-0.2, 0) is 4.79 Å². The molecule has 1 atom stereocenters. The zero-order chi connectivity index (χ0) is 12.1. The molecule has 1 heterocycles. The van der Waals surface area contributed by atoms with Crippen LogP contribution >= 0.6 is 12.4 Å². The second kappa shape index (κ2) is 7.39. The average Bonchev–Trinajstić information content (AvgIpc) is 2.82. The van der Waals surface area contributed by atoms with Crippen molar-refractivity contribution in [2.45, 2.75) is 25.2 Å². The fourth-order valence-corrected chi connectivity index (χ4v) is 2.53.